The topological polar surface area (TPSA) is 124 Å². The van der Waals surface area contributed by atoms with Gasteiger partial charge in [-0.25, -0.2) is 14.8 Å². The number of nitrogens with one attached hydrogen (secondary N) is 1. The van der Waals surface area contributed by atoms with E-state index in [1.54, 1.807) is 35.7 Å². The van der Waals surface area contributed by atoms with E-state index in [1.807, 2.05) is 18.2 Å². The molecule has 4 aromatic rings. The van der Waals surface area contributed by atoms with Crippen LogP contribution in [-0.2, 0) is 9.53 Å². The quantitative estimate of drug-likeness (QED) is 0.262. The molecule has 0 saturated heterocycles. The molecule has 0 aliphatic rings. The summed E-state index contributed by atoms with van der Waals surface area (Å²) in [5, 5.41) is 16.4. The SMILES string of the molecule is CC(OC(=O)c1ccc2ccccc2n1)C(=O)Nc1nc(-c2cccc([N+](=O)[O-])c2)cs1. The summed E-state index contributed by atoms with van der Waals surface area (Å²) in [5.74, 6) is -1.27. The molecule has 0 spiro atoms. The number of anilines is 1. The molecule has 4 rings (SSSR count). The molecule has 0 saturated carbocycles. The second-order valence-electron chi connectivity index (χ2n) is 6.77. The Morgan fingerprint density at radius 1 is 1.09 bits per heavy atom. The summed E-state index contributed by atoms with van der Waals surface area (Å²) in [6, 6.07) is 16.7. The number of rotatable bonds is 6. The van der Waals surface area contributed by atoms with Crippen LogP contribution >= 0.6 is 11.3 Å². The molecule has 160 valence electrons. The molecule has 0 radical (unpaired) electrons. The van der Waals surface area contributed by atoms with Crippen LogP contribution in [-0.4, -0.2) is 32.9 Å². The van der Waals surface area contributed by atoms with Crippen molar-refractivity contribution in [3.63, 3.8) is 0 Å². The van der Waals surface area contributed by atoms with Crippen molar-refractivity contribution in [1.29, 1.82) is 0 Å². The van der Waals surface area contributed by atoms with Gasteiger partial charge in [0.15, 0.2) is 11.2 Å². The van der Waals surface area contributed by atoms with Crippen LogP contribution in [0.5, 0.6) is 0 Å². The Hall–Kier alpha value is -4.18. The molecule has 1 atom stereocenters. The largest absolute Gasteiger partial charge is 0.448 e. The molecule has 32 heavy (non-hydrogen) atoms. The summed E-state index contributed by atoms with van der Waals surface area (Å²) in [6.07, 6.45) is -1.08. The van der Waals surface area contributed by atoms with E-state index in [-0.39, 0.29) is 16.5 Å². The Kier molecular flexibility index (Phi) is 5.86. The lowest BCUT2D eigenvalue weighted by molar-refractivity contribution is -0.384. The second-order valence-corrected chi connectivity index (χ2v) is 7.63. The van der Waals surface area contributed by atoms with E-state index in [9.17, 15) is 19.7 Å². The third kappa shape index (κ3) is 4.60. The first kappa shape index (κ1) is 21.1. The second kappa shape index (κ2) is 8.90. The fourth-order valence-electron chi connectivity index (χ4n) is 2.90. The number of thiazole rings is 1. The minimum Gasteiger partial charge on any atom is -0.448 e. The fraction of sp³-hybridized carbons (Fsp3) is 0.0909. The highest BCUT2D eigenvalue weighted by Crippen LogP contribution is 2.27. The third-order valence-corrected chi connectivity index (χ3v) is 5.31. The van der Waals surface area contributed by atoms with Crippen molar-refractivity contribution >= 4 is 44.9 Å². The summed E-state index contributed by atoms with van der Waals surface area (Å²) in [4.78, 5) is 43.9. The summed E-state index contributed by atoms with van der Waals surface area (Å²) in [5.41, 5.74) is 1.74. The first-order valence-electron chi connectivity index (χ1n) is 9.49. The number of nitrogens with zero attached hydrogens (tertiary/aromatic N) is 3. The van der Waals surface area contributed by atoms with Crippen LogP contribution in [0, 0.1) is 10.1 Å². The molecule has 1 unspecified atom stereocenters. The number of para-hydroxylation sites is 1. The fourth-order valence-corrected chi connectivity index (χ4v) is 3.63. The lowest BCUT2D eigenvalue weighted by Crippen LogP contribution is -2.30. The Bertz CT molecular complexity index is 1340. The summed E-state index contributed by atoms with van der Waals surface area (Å²) in [7, 11) is 0. The van der Waals surface area contributed by atoms with E-state index in [0.29, 0.717) is 16.8 Å². The number of fused-ring (bicyclic) bond motifs is 1. The van der Waals surface area contributed by atoms with Gasteiger partial charge in [0.05, 0.1) is 16.1 Å². The average molecular weight is 448 g/mol. The number of pyridine rings is 1. The first-order chi connectivity index (χ1) is 15.4. The maximum absolute atomic E-state index is 12.4. The summed E-state index contributed by atoms with van der Waals surface area (Å²) in [6.45, 7) is 1.45. The van der Waals surface area contributed by atoms with Gasteiger partial charge in [0.2, 0.25) is 0 Å². The number of benzene rings is 2. The number of carbonyl (C=O) groups excluding carboxylic acids is 2. The van der Waals surface area contributed by atoms with E-state index in [4.69, 9.17) is 4.74 Å². The normalized spacial score (nSPS) is 11.7. The smallest absolute Gasteiger partial charge is 0.357 e. The number of amides is 1. The molecular formula is C22H16N4O5S. The number of ether oxygens (including phenoxy) is 1. The standard InChI is InChI=1S/C22H16N4O5S/c1-13(31-21(28)18-10-9-14-5-2-3-8-17(14)23-18)20(27)25-22-24-19(12-32-22)15-6-4-7-16(11-15)26(29)30/h2-13H,1H3,(H,24,25,27). The average Bonchev–Trinajstić information content (AvgIpc) is 3.27. The summed E-state index contributed by atoms with van der Waals surface area (Å²) < 4.78 is 5.24. The number of non-ortho nitro benzene ring substituents is 1. The van der Waals surface area contributed by atoms with Crippen molar-refractivity contribution in [2.45, 2.75) is 13.0 Å². The molecule has 9 nitrogen and oxygen atoms in total. The van der Waals surface area contributed by atoms with Gasteiger partial charge < -0.3 is 4.74 Å². The van der Waals surface area contributed by atoms with Gasteiger partial charge in [0.1, 0.15) is 5.69 Å². The number of nitro benzene ring substituents is 1. The van der Waals surface area contributed by atoms with Gasteiger partial charge in [-0.15, -0.1) is 11.3 Å². The van der Waals surface area contributed by atoms with Crippen molar-refractivity contribution < 1.29 is 19.2 Å². The number of carbonyl (C=O) groups is 2. The number of hydrogen-bond donors (Lipinski definition) is 1. The van der Waals surface area contributed by atoms with E-state index < -0.39 is 22.9 Å². The minimum atomic E-state index is -1.08. The minimum absolute atomic E-state index is 0.0519. The van der Waals surface area contributed by atoms with Crippen LogP contribution in [0.2, 0.25) is 0 Å². The van der Waals surface area contributed by atoms with E-state index >= 15 is 0 Å². The highest BCUT2D eigenvalue weighted by molar-refractivity contribution is 7.14. The zero-order chi connectivity index (χ0) is 22.7. The van der Waals surface area contributed by atoms with Crippen molar-refractivity contribution in [3.8, 4) is 11.3 Å². The van der Waals surface area contributed by atoms with Gasteiger partial charge in [-0.1, -0.05) is 36.4 Å². The number of hydrogen-bond acceptors (Lipinski definition) is 8. The van der Waals surface area contributed by atoms with Gasteiger partial charge in [-0.05, 0) is 19.1 Å². The van der Waals surface area contributed by atoms with Gasteiger partial charge in [-0.2, -0.15) is 0 Å². The van der Waals surface area contributed by atoms with E-state index in [0.717, 1.165) is 16.7 Å². The maximum atomic E-state index is 12.4. The van der Waals surface area contributed by atoms with Gasteiger partial charge in [-0.3, -0.25) is 20.2 Å². The number of nitro groups is 1. The summed E-state index contributed by atoms with van der Waals surface area (Å²) >= 11 is 1.16. The monoisotopic (exact) mass is 448 g/mol. The number of esters is 1. The molecule has 0 aliphatic carbocycles. The predicted octanol–water partition coefficient (Wildman–Crippen LogP) is 4.45. The van der Waals surface area contributed by atoms with Crippen molar-refractivity contribution in [2.24, 2.45) is 0 Å². The molecular weight excluding hydrogens is 432 g/mol. The van der Waals surface area contributed by atoms with Gasteiger partial charge in [0, 0.05) is 28.5 Å². The maximum Gasteiger partial charge on any atom is 0.357 e. The molecule has 0 bridgehead atoms. The molecule has 2 heterocycles. The lowest BCUT2D eigenvalue weighted by atomic mass is 10.1. The first-order valence-corrected chi connectivity index (χ1v) is 10.4. The van der Waals surface area contributed by atoms with E-state index in [2.05, 4.69) is 15.3 Å². The van der Waals surface area contributed by atoms with Gasteiger partial charge >= 0.3 is 5.97 Å². The molecule has 0 aliphatic heterocycles. The lowest BCUT2D eigenvalue weighted by Gasteiger charge is -2.12. The van der Waals surface area contributed by atoms with Crippen LogP contribution in [0.15, 0.2) is 66.0 Å². The van der Waals surface area contributed by atoms with Crippen LogP contribution in [0.3, 0.4) is 0 Å². The van der Waals surface area contributed by atoms with Crippen LogP contribution in [0.1, 0.15) is 17.4 Å². The van der Waals surface area contributed by atoms with Crippen LogP contribution < -0.4 is 5.32 Å². The highest BCUT2D eigenvalue weighted by Gasteiger charge is 2.21. The predicted molar refractivity (Wildman–Crippen MR) is 119 cm³/mol. The highest BCUT2D eigenvalue weighted by atomic mass is 32.1. The zero-order valence-corrected chi connectivity index (χ0v) is 17.5. The molecule has 0 fully saturated rings. The Balaban J connectivity index is 1.41. The Labute approximate surface area is 185 Å². The van der Waals surface area contributed by atoms with Crippen LogP contribution in [0.4, 0.5) is 10.8 Å². The number of aromatic nitrogens is 2. The third-order valence-electron chi connectivity index (χ3n) is 4.55. The van der Waals surface area contributed by atoms with Crippen LogP contribution in [0.25, 0.3) is 22.2 Å². The molecule has 1 amide bonds. The van der Waals surface area contributed by atoms with Gasteiger partial charge in [0.25, 0.3) is 11.6 Å². The van der Waals surface area contributed by atoms with Crippen molar-refractivity contribution in [3.05, 3.63) is 81.9 Å². The molecule has 2 aromatic heterocycles. The molecule has 2 aromatic carbocycles. The molecule has 1 N–H and O–H groups in total. The van der Waals surface area contributed by atoms with Crippen molar-refractivity contribution in [1.82, 2.24) is 9.97 Å². The van der Waals surface area contributed by atoms with Crippen molar-refractivity contribution in [2.75, 3.05) is 5.32 Å². The molecule has 10 heteroatoms. The van der Waals surface area contributed by atoms with E-state index in [1.165, 1.54) is 19.1 Å². The Morgan fingerprint density at radius 2 is 1.91 bits per heavy atom. The Morgan fingerprint density at radius 3 is 2.72 bits per heavy atom. The zero-order valence-electron chi connectivity index (χ0n) is 16.7.